The molecule has 1 N–H and O–H groups in total. The lowest BCUT2D eigenvalue weighted by atomic mass is 9.93. The maximum Gasteiger partial charge on any atom is 0.0728 e. The van der Waals surface area contributed by atoms with Crippen molar-refractivity contribution in [3.05, 3.63) is 11.9 Å². The van der Waals surface area contributed by atoms with E-state index in [1.165, 1.54) is 31.4 Å². The molecule has 1 fully saturated rings. The molecular weight excluding hydrogens is 200 g/mol. The number of nitrogens with zero attached hydrogens (tertiary/aromatic N) is 3. The summed E-state index contributed by atoms with van der Waals surface area (Å²) in [5, 5.41) is 11.6. The normalized spacial score (nSPS) is 25.1. The van der Waals surface area contributed by atoms with E-state index in [2.05, 4.69) is 22.6 Å². The van der Waals surface area contributed by atoms with Crippen molar-refractivity contribution in [1.29, 1.82) is 0 Å². The van der Waals surface area contributed by atoms with E-state index in [0.29, 0.717) is 5.92 Å². The predicted octanol–water partition coefficient (Wildman–Crippen LogP) is 1.70. The molecule has 0 bridgehead atoms. The Balaban J connectivity index is 1.95. The van der Waals surface area contributed by atoms with Gasteiger partial charge in [-0.15, -0.1) is 5.10 Å². The van der Waals surface area contributed by atoms with E-state index in [4.69, 9.17) is 0 Å². The van der Waals surface area contributed by atoms with Crippen molar-refractivity contribution in [2.75, 3.05) is 13.1 Å². The van der Waals surface area contributed by atoms with Crippen LogP contribution in [-0.4, -0.2) is 28.1 Å². The molecule has 2 rings (SSSR count). The van der Waals surface area contributed by atoms with Crippen molar-refractivity contribution in [1.82, 2.24) is 20.3 Å². The molecule has 0 radical (unpaired) electrons. The Labute approximate surface area is 97.4 Å². The van der Waals surface area contributed by atoms with Gasteiger partial charge in [0, 0.05) is 13.0 Å². The summed E-state index contributed by atoms with van der Waals surface area (Å²) in [5.74, 6) is 1.42. The molecule has 0 spiro atoms. The summed E-state index contributed by atoms with van der Waals surface area (Å²) in [7, 11) is 2.00. The first-order valence-corrected chi connectivity index (χ1v) is 6.38. The molecule has 90 valence electrons. The Kier molecular flexibility index (Phi) is 3.93. The minimum Gasteiger partial charge on any atom is -0.316 e. The van der Waals surface area contributed by atoms with Crippen molar-refractivity contribution in [2.24, 2.45) is 13.0 Å². The maximum atomic E-state index is 4.04. The average molecular weight is 222 g/mol. The van der Waals surface area contributed by atoms with Crippen molar-refractivity contribution in [3.8, 4) is 0 Å². The highest BCUT2D eigenvalue weighted by atomic mass is 15.4. The fraction of sp³-hybridized carbons (Fsp3) is 0.833. The molecule has 16 heavy (non-hydrogen) atoms. The van der Waals surface area contributed by atoms with Gasteiger partial charge in [0.05, 0.1) is 11.9 Å². The van der Waals surface area contributed by atoms with Crippen molar-refractivity contribution >= 4 is 0 Å². The van der Waals surface area contributed by atoms with E-state index in [1.807, 2.05) is 17.9 Å². The summed E-state index contributed by atoms with van der Waals surface area (Å²) in [6.45, 7) is 4.49. The first kappa shape index (κ1) is 11.6. The molecule has 1 saturated carbocycles. The third-order valence-corrected chi connectivity index (χ3v) is 3.62. The molecule has 0 aromatic carbocycles. The van der Waals surface area contributed by atoms with Crippen LogP contribution in [-0.2, 0) is 7.05 Å². The number of rotatable bonds is 5. The highest BCUT2D eigenvalue weighted by Crippen LogP contribution is 2.38. The minimum atomic E-state index is 0.657. The number of nitrogens with one attached hydrogen (secondary N) is 1. The fourth-order valence-corrected chi connectivity index (χ4v) is 2.77. The van der Waals surface area contributed by atoms with Gasteiger partial charge >= 0.3 is 0 Å². The first-order valence-electron chi connectivity index (χ1n) is 6.38. The Morgan fingerprint density at radius 1 is 1.50 bits per heavy atom. The van der Waals surface area contributed by atoms with Crippen LogP contribution < -0.4 is 5.32 Å². The fourth-order valence-electron chi connectivity index (χ4n) is 2.77. The van der Waals surface area contributed by atoms with Crippen molar-refractivity contribution in [2.45, 2.75) is 38.5 Å². The highest BCUT2D eigenvalue weighted by Gasteiger charge is 2.30. The average Bonchev–Trinajstić information content (AvgIpc) is 2.87. The molecule has 1 heterocycles. The van der Waals surface area contributed by atoms with E-state index in [0.717, 1.165) is 19.0 Å². The summed E-state index contributed by atoms with van der Waals surface area (Å²) in [5.41, 5.74) is 1.31. The first-order chi connectivity index (χ1) is 7.83. The van der Waals surface area contributed by atoms with Crippen LogP contribution in [0.15, 0.2) is 6.20 Å². The number of hydrogen-bond acceptors (Lipinski definition) is 3. The Hall–Kier alpha value is -0.900. The summed E-state index contributed by atoms with van der Waals surface area (Å²) in [6, 6.07) is 0. The van der Waals surface area contributed by atoms with Crippen LogP contribution in [0.25, 0.3) is 0 Å². The van der Waals surface area contributed by atoms with Crippen LogP contribution >= 0.6 is 0 Å². The van der Waals surface area contributed by atoms with Crippen LogP contribution in [0.3, 0.4) is 0 Å². The molecule has 4 heteroatoms. The predicted molar refractivity (Wildman–Crippen MR) is 64.2 cm³/mol. The zero-order valence-corrected chi connectivity index (χ0v) is 10.3. The van der Waals surface area contributed by atoms with Crippen molar-refractivity contribution in [3.63, 3.8) is 0 Å². The van der Waals surface area contributed by atoms with Gasteiger partial charge in [0.2, 0.25) is 0 Å². The second-order valence-electron chi connectivity index (χ2n) is 4.78. The zero-order chi connectivity index (χ0) is 11.4. The highest BCUT2D eigenvalue weighted by molar-refractivity contribution is 5.07. The maximum absolute atomic E-state index is 4.04. The third-order valence-electron chi connectivity index (χ3n) is 3.62. The van der Waals surface area contributed by atoms with Crippen LogP contribution in [0.4, 0.5) is 0 Å². The standard InChI is InChI=1S/C12H22N4/c1-3-7-13-8-10-5-4-6-11(10)12-9-14-15-16(12)2/h9-11,13H,3-8H2,1-2H3. The van der Waals surface area contributed by atoms with Gasteiger partial charge in [-0.3, -0.25) is 4.68 Å². The number of aryl methyl sites for hydroxylation is 1. The van der Waals surface area contributed by atoms with E-state index >= 15 is 0 Å². The van der Waals surface area contributed by atoms with Crippen molar-refractivity contribution < 1.29 is 0 Å². The zero-order valence-electron chi connectivity index (χ0n) is 10.3. The largest absolute Gasteiger partial charge is 0.316 e. The van der Waals surface area contributed by atoms with Gasteiger partial charge in [0.25, 0.3) is 0 Å². The summed E-state index contributed by atoms with van der Waals surface area (Å²) in [6.07, 6.45) is 7.12. The summed E-state index contributed by atoms with van der Waals surface area (Å²) < 4.78 is 1.93. The summed E-state index contributed by atoms with van der Waals surface area (Å²) in [4.78, 5) is 0. The van der Waals surface area contributed by atoms with Gasteiger partial charge in [0.15, 0.2) is 0 Å². The van der Waals surface area contributed by atoms with Crippen LogP contribution in [0.1, 0.15) is 44.2 Å². The molecule has 4 nitrogen and oxygen atoms in total. The van der Waals surface area contributed by atoms with E-state index < -0.39 is 0 Å². The van der Waals surface area contributed by atoms with E-state index in [9.17, 15) is 0 Å². The molecule has 2 atom stereocenters. The molecule has 0 amide bonds. The number of hydrogen-bond donors (Lipinski definition) is 1. The Morgan fingerprint density at radius 2 is 2.38 bits per heavy atom. The van der Waals surface area contributed by atoms with Crippen LogP contribution in [0.5, 0.6) is 0 Å². The van der Waals surface area contributed by atoms with Gasteiger partial charge in [0.1, 0.15) is 0 Å². The molecule has 1 aliphatic carbocycles. The smallest absolute Gasteiger partial charge is 0.0728 e. The van der Waals surface area contributed by atoms with Crippen LogP contribution in [0.2, 0.25) is 0 Å². The van der Waals surface area contributed by atoms with Gasteiger partial charge in [-0.05, 0) is 38.3 Å². The molecule has 1 aliphatic rings. The van der Waals surface area contributed by atoms with Gasteiger partial charge in [-0.2, -0.15) is 0 Å². The molecule has 0 aliphatic heterocycles. The lowest BCUT2D eigenvalue weighted by Crippen LogP contribution is -2.25. The van der Waals surface area contributed by atoms with E-state index in [-0.39, 0.29) is 0 Å². The van der Waals surface area contributed by atoms with Gasteiger partial charge in [-0.25, -0.2) is 0 Å². The second-order valence-corrected chi connectivity index (χ2v) is 4.78. The quantitative estimate of drug-likeness (QED) is 0.771. The molecule has 1 aromatic rings. The third kappa shape index (κ3) is 2.43. The lowest BCUT2D eigenvalue weighted by Gasteiger charge is -2.19. The monoisotopic (exact) mass is 222 g/mol. The minimum absolute atomic E-state index is 0.657. The van der Waals surface area contributed by atoms with Gasteiger partial charge < -0.3 is 5.32 Å². The molecule has 2 unspecified atom stereocenters. The van der Waals surface area contributed by atoms with Gasteiger partial charge in [-0.1, -0.05) is 18.6 Å². The topological polar surface area (TPSA) is 42.7 Å². The lowest BCUT2D eigenvalue weighted by molar-refractivity contribution is 0.427. The van der Waals surface area contributed by atoms with E-state index in [1.54, 1.807) is 0 Å². The SMILES string of the molecule is CCCNCC1CCCC1c1cnnn1C. The Bertz CT molecular complexity index is 321. The van der Waals surface area contributed by atoms with Crippen LogP contribution in [0, 0.1) is 5.92 Å². The Morgan fingerprint density at radius 3 is 3.06 bits per heavy atom. The number of aromatic nitrogens is 3. The molecular formula is C12H22N4. The molecule has 0 saturated heterocycles. The second kappa shape index (κ2) is 5.43. The summed E-state index contributed by atoms with van der Waals surface area (Å²) >= 11 is 0. The molecule has 1 aromatic heterocycles.